The zero-order valence-electron chi connectivity index (χ0n) is 15.0. The first-order chi connectivity index (χ1) is 12.1. The summed E-state index contributed by atoms with van der Waals surface area (Å²) in [5.74, 6) is 0. The van der Waals surface area contributed by atoms with Crippen LogP contribution in [-0.2, 0) is 21.2 Å². The van der Waals surface area contributed by atoms with Gasteiger partial charge in [0.05, 0.1) is 11.3 Å². The second-order valence-corrected chi connectivity index (χ2v) is 8.79. The molecule has 1 aromatic carbocycles. The molecule has 1 heterocycles. The van der Waals surface area contributed by atoms with E-state index in [0.717, 1.165) is 9.54 Å². The van der Waals surface area contributed by atoms with Crippen LogP contribution < -0.4 is 0 Å². The molecule has 7 nitrogen and oxygen atoms in total. The summed E-state index contributed by atoms with van der Waals surface area (Å²) < 4.78 is 26.9. The van der Waals surface area contributed by atoms with Crippen LogP contribution in [0.1, 0.15) is 31.5 Å². The van der Waals surface area contributed by atoms with E-state index in [1.807, 2.05) is 6.92 Å². The summed E-state index contributed by atoms with van der Waals surface area (Å²) in [6, 6.07) is 8.43. The second-order valence-electron chi connectivity index (χ2n) is 6.98. The van der Waals surface area contributed by atoms with Gasteiger partial charge in [-0.25, -0.2) is 12.4 Å². The van der Waals surface area contributed by atoms with E-state index >= 15 is 0 Å². The van der Waals surface area contributed by atoms with E-state index in [0.29, 0.717) is 12.0 Å². The number of aromatic nitrogens is 1. The molecule has 1 unspecified atom stereocenters. The normalized spacial score (nSPS) is 13.3. The van der Waals surface area contributed by atoms with Gasteiger partial charge in [0.2, 0.25) is 6.04 Å². The number of benzene rings is 1. The van der Waals surface area contributed by atoms with Gasteiger partial charge in [0.1, 0.15) is 6.29 Å². The number of aryl methyl sites for hydroxylation is 1. The Morgan fingerprint density at radius 2 is 1.85 bits per heavy atom. The first-order valence-corrected chi connectivity index (χ1v) is 9.59. The van der Waals surface area contributed by atoms with Crippen LogP contribution in [0.25, 0.3) is 0 Å². The van der Waals surface area contributed by atoms with Crippen molar-refractivity contribution in [3.63, 3.8) is 0 Å². The lowest BCUT2D eigenvalue weighted by molar-refractivity contribution is -0.540. The van der Waals surface area contributed by atoms with E-state index in [-0.39, 0.29) is 17.7 Å². The van der Waals surface area contributed by atoms with Gasteiger partial charge in [0, 0.05) is 28.6 Å². The summed E-state index contributed by atoms with van der Waals surface area (Å²) in [4.78, 5) is 22.1. The van der Waals surface area contributed by atoms with Crippen molar-refractivity contribution in [3.05, 3.63) is 64.0 Å². The van der Waals surface area contributed by atoms with Gasteiger partial charge >= 0.3 is 0 Å². The van der Waals surface area contributed by atoms with Gasteiger partial charge in [-0.15, -0.1) is 0 Å². The van der Waals surface area contributed by atoms with E-state index < -0.39 is 26.4 Å². The van der Waals surface area contributed by atoms with E-state index in [1.54, 1.807) is 38.1 Å². The zero-order valence-corrected chi connectivity index (χ0v) is 15.8. The Balaban J connectivity index is 2.42. The highest BCUT2D eigenvalue weighted by molar-refractivity contribution is 7.90. The molecule has 0 aliphatic rings. The quantitative estimate of drug-likeness (QED) is 0.399. The fourth-order valence-electron chi connectivity index (χ4n) is 2.80. The van der Waals surface area contributed by atoms with E-state index in [2.05, 4.69) is 0 Å². The number of carbonyl (C=O) groups is 1. The minimum absolute atomic E-state index is 0.0179. The summed E-state index contributed by atoms with van der Waals surface area (Å²) in [7, 11) is -3.85. The molecule has 1 aromatic heterocycles. The SMILES string of the molecule is Cc1ccc(S(=O)(=O)n2cccc2CC([N+](=O)[O-])C(C)(C)CC=O)cc1. The van der Waals surface area contributed by atoms with E-state index in [9.17, 15) is 23.3 Å². The van der Waals surface area contributed by atoms with Crippen molar-refractivity contribution < 1.29 is 18.1 Å². The minimum Gasteiger partial charge on any atom is -0.303 e. The monoisotopic (exact) mass is 378 g/mol. The number of hydrogen-bond donors (Lipinski definition) is 0. The molecule has 0 aliphatic carbocycles. The number of carbonyl (C=O) groups excluding carboxylic acids is 1. The first kappa shape index (κ1) is 19.8. The number of hydrogen-bond acceptors (Lipinski definition) is 5. The Bertz CT molecular complexity index is 898. The summed E-state index contributed by atoms with van der Waals surface area (Å²) in [6.07, 6.45) is 1.96. The number of nitrogens with zero attached hydrogens (tertiary/aromatic N) is 2. The molecule has 0 fully saturated rings. The fraction of sp³-hybridized carbons (Fsp3) is 0.389. The van der Waals surface area contributed by atoms with Crippen LogP contribution in [0.2, 0.25) is 0 Å². The molecular formula is C18H22N2O5S. The molecule has 26 heavy (non-hydrogen) atoms. The van der Waals surface area contributed by atoms with Crippen molar-refractivity contribution in [2.24, 2.45) is 5.41 Å². The molecule has 0 radical (unpaired) electrons. The van der Waals surface area contributed by atoms with Crippen LogP contribution in [0.4, 0.5) is 0 Å². The van der Waals surface area contributed by atoms with Crippen LogP contribution in [0.3, 0.4) is 0 Å². The van der Waals surface area contributed by atoms with Gasteiger partial charge < -0.3 is 4.79 Å². The molecule has 1 atom stereocenters. The molecular weight excluding hydrogens is 356 g/mol. The van der Waals surface area contributed by atoms with Gasteiger partial charge in [-0.3, -0.25) is 10.1 Å². The molecule has 0 saturated heterocycles. The Morgan fingerprint density at radius 3 is 2.38 bits per heavy atom. The fourth-order valence-corrected chi connectivity index (χ4v) is 4.18. The third-order valence-electron chi connectivity index (χ3n) is 4.54. The maximum atomic E-state index is 12.9. The molecule has 2 aromatic rings. The van der Waals surface area contributed by atoms with Crippen LogP contribution in [-0.4, -0.2) is 29.6 Å². The molecule has 0 amide bonds. The highest BCUT2D eigenvalue weighted by Crippen LogP contribution is 2.30. The summed E-state index contributed by atoms with van der Waals surface area (Å²) in [5, 5.41) is 11.5. The van der Waals surface area contributed by atoms with Crippen molar-refractivity contribution >= 4 is 16.3 Å². The number of aldehydes is 1. The van der Waals surface area contributed by atoms with Crippen molar-refractivity contribution in [2.45, 2.75) is 44.6 Å². The van der Waals surface area contributed by atoms with Crippen LogP contribution in [0, 0.1) is 22.5 Å². The molecule has 8 heteroatoms. The molecule has 0 spiro atoms. The molecule has 2 rings (SSSR count). The lowest BCUT2D eigenvalue weighted by Gasteiger charge is -2.26. The third kappa shape index (κ3) is 4.01. The highest BCUT2D eigenvalue weighted by atomic mass is 32.2. The lowest BCUT2D eigenvalue weighted by atomic mass is 9.80. The molecule has 0 N–H and O–H groups in total. The second kappa shape index (κ2) is 7.41. The Morgan fingerprint density at radius 1 is 1.23 bits per heavy atom. The maximum absolute atomic E-state index is 12.9. The van der Waals surface area contributed by atoms with Crippen molar-refractivity contribution in [1.29, 1.82) is 0 Å². The molecule has 0 aliphatic heterocycles. The Kier molecular flexibility index (Phi) is 5.65. The molecule has 0 bridgehead atoms. The minimum atomic E-state index is -3.85. The van der Waals surface area contributed by atoms with Crippen molar-refractivity contribution in [1.82, 2.24) is 3.97 Å². The summed E-state index contributed by atoms with van der Waals surface area (Å²) in [6.45, 7) is 5.13. The van der Waals surface area contributed by atoms with Crippen LogP contribution >= 0.6 is 0 Å². The van der Waals surface area contributed by atoms with E-state index in [1.165, 1.54) is 18.3 Å². The zero-order chi connectivity index (χ0) is 19.5. The van der Waals surface area contributed by atoms with Gasteiger partial charge in [-0.2, -0.15) is 0 Å². The first-order valence-electron chi connectivity index (χ1n) is 8.15. The Labute approximate surface area is 152 Å². The third-order valence-corrected chi connectivity index (χ3v) is 6.28. The smallest absolute Gasteiger partial charge is 0.267 e. The Hall–Kier alpha value is -2.48. The average Bonchev–Trinajstić information content (AvgIpc) is 3.01. The van der Waals surface area contributed by atoms with Gasteiger partial charge in [-0.1, -0.05) is 31.5 Å². The largest absolute Gasteiger partial charge is 0.303 e. The standard InChI is InChI=1S/C18H22N2O5S/c1-14-6-8-16(9-7-14)26(24,25)19-11-4-5-15(19)13-17(20(22)23)18(2,3)10-12-21/h4-9,11-12,17H,10,13H2,1-3H3. The number of rotatable bonds is 8. The van der Waals surface area contributed by atoms with Crippen LogP contribution in [0.5, 0.6) is 0 Å². The van der Waals surface area contributed by atoms with Crippen molar-refractivity contribution in [2.75, 3.05) is 0 Å². The van der Waals surface area contributed by atoms with Gasteiger partial charge in [-0.05, 0) is 31.2 Å². The van der Waals surface area contributed by atoms with Crippen molar-refractivity contribution in [3.8, 4) is 0 Å². The molecule has 140 valence electrons. The average molecular weight is 378 g/mol. The van der Waals surface area contributed by atoms with E-state index in [4.69, 9.17) is 0 Å². The topological polar surface area (TPSA) is 99.3 Å². The van der Waals surface area contributed by atoms with Crippen LogP contribution in [0.15, 0.2) is 47.5 Å². The summed E-state index contributed by atoms with van der Waals surface area (Å²) in [5.41, 5.74) is 0.348. The highest BCUT2D eigenvalue weighted by Gasteiger charge is 2.39. The number of nitro groups is 1. The summed E-state index contributed by atoms with van der Waals surface area (Å²) >= 11 is 0. The van der Waals surface area contributed by atoms with Gasteiger partial charge in [0.15, 0.2) is 0 Å². The molecule has 0 saturated carbocycles. The lowest BCUT2D eigenvalue weighted by Crippen LogP contribution is -2.39. The van der Waals surface area contributed by atoms with Gasteiger partial charge in [0.25, 0.3) is 10.0 Å². The maximum Gasteiger partial charge on any atom is 0.267 e. The predicted molar refractivity (Wildman–Crippen MR) is 97.1 cm³/mol. The predicted octanol–water partition coefficient (Wildman–Crippen LogP) is 2.84.